The standard InChI is InChI=1S/C16H12F2N2/c1-9-14(19)12-7-11(17)8-13(18)16(12)20-15(9)10-5-3-2-4-6-10/h2-8H,1H3,(H2,19,20). The molecule has 1 heterocycles. The molecule has 0 fully saturated rings. The Bertz CT molecular complexity index is 799. The van der Waals surface area contributed by atoms with Crippen LogP contribution >= 0.6 is 0 Å². The highest BCUT2D eigenvalue weighted by Crippen LogP contribution is 2.32. The van der Waals surface area contributed by atoms with Crippen molar-refractivity contribution in [2.45, 2.75) is 6.92 Å². The summed E-state index contributed by atoms with van der Waals surface area (Å²) < 4.78 is 27.2. The van der Waals surface area contributed by atoms with Gasteiger partial charge in [-0.15, -0.1) is 0 Å². The first-order valence-corrected chi connectivity index (χ1v) is 6.18. The van der Waals surface area contributed by atoms with Gasteiger partial charge in [-0.1, -0.05) is 30.3 Å². The Hall–Kier alpha value is -2.49. The fourth-order valence-corrected chi connectivity index (χ4v) is 2.29. The number of hydrogen-bond donors (Lipinski definition) is 1. The van der Waals surface area contributed by atoms with E-state index in [1.165, 1.54) is 6.07 Å². The quantitative estimate of drug-likeness (QED) is 0.724. The lowest BCUT2D eigenvalue weighted by Gasteiger charge is -2.12. The van der Waals surface area contributed by atoms with Crippen LogP contribution in [0.25, 0.3) is 22.2 Å². The smallest absolute Gasteiger partial charge is 0.152 e. The Balaban J connectivity index is 2.39. The van der Waals surface area contributed by atoms with E-state index in [9.17, 15) is 8.78 Å². The normalized spacial score (nSPS) is 10.9. The molecular weight excluding hydrogens is 258 g/mol. The number of pyridine rings is 1. The van der Waals surface area contributed by atoms with Crippen molar-refractivity contribution in [2.75, 3.05) is 5.73 Å². The molecule has 2 nitrogen and oxygen atoms in total. The summed E-state index contributed by atoms with van der Waals surface area (Å²) in [6.07, 6.45) is 0. The molecule has 0 aliphatic carbocycles. The molecule has 0 amide bonds. The maximum atomic E-state index is 13.9. The van der Waals surface area contributed by atoms with Crippen LogP contribution in [0.15, 0.2) is 42.5 Å². The van der Waals surface area contributed by atoms with Crippen molar-refractivity contribution in [3.63, 3.8) is 0 Å². The second-order valence-electron chi connectivity index (χ2n) is 4.65. The Morgan fingerprint density at radius 3 is 2.45 bits per heavy atom. The maximum Gasteiger partial charge on any atom is 0.152 e. The van der Waals surface area contributed by atoms with Gasteiger partial charge in [-0.2, -0.15) is 0 Å². The largest absolute Gasteiger partial charge is 0.398 e. The number of rotatable bonds is 1. The topological polar surface area (TPSA) is 38.9 Å². The molecule has 2 aromatic carbocycles. The van der Waals surface area contributed by atoms with Crippen molar-refractivity contribution in [2.24, 2.45) is 0 Å². The summed E-state index contributed by atoms with van der Waals surface area (Å²) >= 11 is 0. The molecule has 100 valence electrons. The van der Waals surface area contributed by atoms with Crippen molar-refractivity contribution in [1.82, 2.24) is 4.98 Å². The number of nitrogen functional groups attached to an aromatic ring is 1. The van der Waals surface area contributed by atoms with Crippen LogP contribution in [0.2, 0.25) is 0 Å². The van der Waals surface area contributed by atoms with Crippen LogP contribution in [0.1, 0.15) is 5.56 Å². The number of hydrogen-bond acceptors (Lipinski definition) is 2. The maximum absolute atomic E-state index is 13.9. The van der Waals surface area contributed by atoms with Crippen LogP contribution in [0.5, 0.6) is 0 Å². The molecule has 0 bridgehead atoms. The van der Waals surface area contributed by atoms with Crippen LogP contribution in [0, 0.1) is 18.6 Å². The molecule has 0 aliphatic heterocycles. The van der Waals surface area contributed by atoms with Gasteiger partial charge >= 0.3 is 0 Å². The first kappa shape index (κ1) is 12.5. The van der Waals surface area contributed by atoms with E-state index >= 15 is 0 Å². The minimum Gasteiger partial charge on any atom is -0.398 e. The molecule has 3 rings (SSSR count). The predicted molar refractivity (Wildman–Crippen MR) is 76.2 cm³/mol. The third-order valence-corrected chi connectivity index (χ3v) is 3.35. The van der Waals surface area contributed by atoms with Gasteiger partial charge in [-0.3, -0.25) is 0 Å². The van der Waals surface area contributed by atoms with Crippen LogP contribution in [-0.4, -0.2) is 4.98 Å². The molecule has 0 spiro atoms. The SMILES string of the molecule is Cc1c(-c2ccccc2)nc2c(F)cc(F)cc2c1N. The van der Waals surface area contributed by atoms with Gasteiger partial charge in [0.25, 0.3) is 0 Å². The van der Waals surface area contributed by atoms with Crippen LogP contribution in [-0.2, 0) is 0 Å². The lowest BCUT2D eigenvalue weighted by atomic mass is 10.0. The van der Waals surface area contributed by atoms with E-state index in [2.05, 4.69) is 4.98 Å². The Morgan fingerprint density at radius 2 is 1.75 bits per heavy atom. The zero-order valence-corrected chi connectivity index (χ0v) is 10.8. The van der Waals surface area contributed by atoms with Gasteiger partial charge in [0.05, 0.1) is 5.69 Å². The molecule has 0 unspecified atom stereocenters. The minimum atomic E-state index is -0.705. The van der Waals surface area contributed by atoms with Gasteiger partial charge in [0, 0.05) is 22.7 Å². The number of nitrogens with two attached hydrogens (primary N) is 1. The molecule has 2 N–H and O–H groups in total. The Kier molecular flexibility index (Phi) is 2.86. The van der Waals surface area contributed by atoms with Crippen molar-refractivity contribution in [1.29, 1.82) is 0 Å². The van der Waals surface area contributed by atoms with E-state index in [1.54, 1.807) is 6.92 Å². The minimum absolute atomic E-state index is 0.0911. The van der Waals surface area contributed by atoms with Gasteiger partial charge in [0.2, 0.25) is 0 Å². The first-order chi connectivity index (χ1) is 9.58. The van der Waals surface area contributed by atoms with Gasteiger partial charge in [-0.25, -0.2) is 13.8 Å². The molecule has 20 heavy (non-hydrogen) atoms. The summed E-state index contributed by atoms with van der Waals surface area (Å²) in [5.41, 5.74) is 8.64. The van der Waals surface area contributed by atoms with E-state index in [0.29, 0.717) is 22.3 Å². The van der Waals surface area contributed by atoms with Gasteiger partial charge < -0.3 is 5.73 Å². The molecule has 0 atom stereocenters. The molecule has 0 aliphatic rings. The number of benzene rings is 2. The van der Waals surface area contributed by atoms with E-state index < -0.39 is 11.6 Å². The van der Waals surface area contributed by atoms with Gasteiger partial charge in [0.1, 0.15) is 11.3 Å². The van der Waals surface area contributed by atoms with Crippen molar-refractivity contribution >= 4 is 16.6 Å². The summed E-state index contributed by atoms with van der Waals surface area (Å²) in [5, 5.41) is 0.305. The number of nitrogens with zero attached hydrogens (tertiary/aromatic N) is 1. The lowest BCUT2D eigenvalue weighted by Crippen LogP contribution is -2.00. The van der Waals surface area contributed by atoms with Crippen LogP contribution in [0.4, 0.5) is 14.5 Å². The van der Waals surface area contributed by atoms with E-state index in [0.717, 1.165) is 11.6 Å². The molecule has 0 saturated carbocycles. The van der Waals surface area contributed by atoms with Crippen molar-refractivity contribution in [3.8, 4) is 11.3 Å². The van der Waals surface area contributed by atoms with Gasteiger partial charge in [-0.05, 0) is 18.6 Å². The molecule has 0 saturated heterocycles. The summed E-state index contributed by atoms with van der Waals surface area (Å²) in [6, 6.07) is 11.4. The Morgan fingerprint density at radius 1 is 1.05 bits per heavy atom. The second-order valence-corrected chi connectivity index (χ2v) is 4.65. The molecular formula is C16H12F2N2. The van der Waals surface area contributed by atoms with E-state index in [-0.39, 0.29) is 5.52 Å². The molecule has 4 heteroatoms. The fourth-order valence-electron chi connectivity index (χ4n) is 2.29. The third kappa shape index (κ3) is 1.90. The molecule has 3 aromatic rings. The summed E-state index contributed by atoms with van der Waals surface area (Å²) in [7, 11) is 0. The number of halogens is 2. The zero-order chi connectivity index (χ0) is 14.3. The highest BCUT2D eigenvalue weighted by atomic mass is 19.1. The van der Waals surface area contributed by atoms with Crippen molar-refractivity contribution in [3.05, 3.63) is 59.7 Å². The third-order valence-electron chi connectivity index (χ3n) is 3.35. The van der Waals surface area contributed by atoms with E-state index in [4.69, 9.17) is 5.73 Å². The first-order valence-electron chi connectivity index (χ1n) is 6.18. The second kappa shape index (κ2) is 4.56. The highest BCUT2D eigenvalue weighted by Gasteiger charge is 2.14. The van der Waals surface area contributed by atoms with E-state index in [1.807, 2.05) is 30.3 Å². The highest BCUT2D eigenvalue weighted by molar-refractivity contribution is 5.95. The lowest BCUT2D eigenvalue weighted by molar-refractivity contribution is 0.590. The van der Waals surface area contributed by atoms with Crippen LogP contribution in [0.3, 0.4) is 0 Å². The predicted octanol–water partition coefficient (Wildman–Crippen LogP) is 4.07. The Labute approximate surface area is 114 Å². The zero-order valence-electron chi connectivity index (χ0n) is 10.8. The van der Waals surface area contributed by atoms with Crippen molar-refractivity contribution < 1.29 is 8.78 Å². The average molecular weight is 270 g/mol. The summed E-state index contributed by atoms with van der Waals surface area (Å²) in [4.78, 5) is 4.32. The number of anilines is 1. The summed E-state index contributed by atoms with van der Waals surface area (Å²) in [6.45, 7) is 1.80. The monoisotopic (exact) mass is 270 g/mol. The number of aromatic nitrogens is 1. The molecule has 0 radical (unpaired) electrons. The fraction of sp³-hybridized carbons (Fsp3) is 0.0625. The van der Waals surface area contributed by atoms with Crippen LogP contribution < -0.4 is 5.73 Å². The molecule has 1 aromatic heterocycles. The van der Waals surface area contributed by atoms with Gasteiger partial charge in [0.15, 0.2) is 5.82 Å². The summed E-state index contributed by atoms with van der Waals surface area (Å²) in [5.74, 6) is -1.36. The average Bonchev–Trinajstić information content (AvgIpc) is 2.44. The number of fused-ring (bicyclic) bond motifs is 1.